The summed E-state index contributed by atoms with van der Waals surface area (Å²) in [7, 11) is -0.548. The zero-order valence-electron chi connectivity index (χ0n) is 15.8. The normalized spacial score (nSPS) is 12.5. The van der Waals surface area contributed by atoms with Crippen molar-refractivity contribution >= 4 is 15.8 Å². The van der Waals surface area contributed by atoms with Crippen molar-refractivity contribution in [2.45, 2.75) is 17.9 Å². The third-order valence-corrected chi connectivity index (χ3v) is 5.81. The fraction of sp³-hybridized carbons (Fsp3) is 0.200. The van der Waals surface area contributed by atoms with Crippen LogP contribution >= 0.6 is 0 Å². The summed E-state index contributed by atoms with van der Waals surface area (Å²) in [6.07, 6.45) is 3.35. The van der Waals surface area contributed by atoms with Crippen LogP contribution in [0, 0.1) is 0 Å². The first-order valence-corrected chi connectivity index (χ1v) is 10.0. The van der Waals surface area contributed by atoms with E-state index >= 15 is 0 Å². The number of hydrogen-bond acceptors (Lipinski definition) is 5. The number of nitrogens with one attached hydrogen (secondary N) is 1. The molecule has 1 atom stereocenters. The topological polar surface area (TPSA) is 90.3 Å². The molecule has 0 amide bonds. The molecule has 1 aromatic heterocycles. The number of ketones is 1. The molecule has 0 bridgehead atoms. The molecular formula is C20H21N3O4S. The molecular weight excluding hydrogens is 378 g/mol. The van der Waals surface area contributed by atoms with E-state index < -0.39 is 16.1 Å². The number of aryl methyl sites for hydroxylation is 1. The number of Topliss-reactive ketones (excluding diaryl/α,β-unsaturated/α-hetero) is 1. The van der Waals surface area contributed by atoms with Crippen molar-refractivity contribution in [2.24, 2.45) is 7.05 Å². The molecule has 0 saturated heterocycles. The molecule has 2 aromatic carbocycles. The minimum atomic E-state index is -3.91. The summed E-state index contributed by atoms with van der Waals surface area (Å²) in [5.41, 5.74) is 1.04. The maximum atomic E-state index is 13.0. The highest BCUT2D eigenvalue weighted by Gasteiger charge is 2.26. The van der Waals surface area contributed by atoms with Crippen LogP contribution in [0.25, 0.3) is 0 Å². The zero-order valence-corrected chi connectivity index (χ0v) is 16.6. The summed E-state index contributed by atoms with van der Waals surface area (Å²) in [6, 6.07) is 12.3. The summed E-state index contributed by atoms with van der Waals surface area (Å²) in [4.78, 5) is 16.0. The van der Waals surface area contributed by atoms with Crippen LogP contribution in [0.5, 0.6) is 5.75 Å². The Hall–Kier alpha value is -2.97. The molecule has 0 aliphatic carbocycles. The minimum absolute atomic E-state index is 0.0212. The van der Waals surface area contributed by atoms with E-state index in [0.29, 0.717) is 22.7 Å². The predicted octanol–water partition coefficient (Wildman–Crippen LogP) is 2.70. The standard InChI is InChI=1S/C20H21N3O4S/c1-14(24)16-5-4-6-18(13-16)28(25,26)22-19(20-21-11-12-23(20)2)15-7-9-17(27-3)10-8-15/h4-13,19,22H,1-3H3. The van der Waals surface area contributed by atoms with Gasteiger partial charge in [-0.1, -0.05) is 24.3 Å². The van der Waals surface area contributed by atoms with Crippen LogP contribution in [0.2, 0.25) is 0 Å². The van der Waals surface area contributed by atoms with Crippen LogP contribution in [-0.4, -0.2) is 30.9 Å². The lowest BCUT2D eigenvalue weighted by molar-refractivity contribution is 0.101. The highest BCUT2D eigenvalue weighted by Crippen LogP contribution is 2.25. The highest BCUT2D eigenvalue weighted by atomic mass is 32.2. The number of benzene rings is 2. The molecule has 0 saturated carbocycles. The summed E-state index contributed by atoms with van der Waals surface area (Å²) < 4.78 is 35.7. The summed E-state index contributed by atoms with van der Waals surface area (Å²) in [5.74, 6) is 1.00. The average Bonchev–Trinajstić information content (AvgIpc) is 3.12. The number of rotatable bonds is 7. The third kappa shape index (κ3) is 4.13. The Bertz CT molecular complexity index is 1090. The number of imidazole rings is 1. The number of sulfonamides is 1. The quantitative estimate of drug-likeness (QED) is 0.617. The maximum Gasteiger partial charge on any atom is 0.241 e. The molecule has 28 heavy (non-hydrogen) atoms. The van der Waals surface area contributed by atoms with Crippen LogP contribution in [0.4, 0.5) is 0 Å². The first-order valence-electron chi connectivity index (χ1n) is 8.56. The Morgan fingerprint density at radius 3 is 2.46 bits per heavy atom. The van der Waals surface area contributed by atoms with Gasteiger partial charge in [0.25, 0.3) is 0 Å². The first-order chi connectivity index (χ1) is 13.3. The number of ether oxygens (including phenoxy) is 1. The predicted molar refractivity (Wildman–Crippen MR) is 105 cm³/mol. The molecule has 1 unspecified atom stereocenters. The molecule has 0 aliphatic rings. The van der Waals surface area contributed by atoms with Crippen molar-refractivity contribution < 1.29 is 17.9 Å². The zero-order chi connectivity index (χ0) is 20.3. The van der Waals surface area contributed by atoms with Crippen molar-refractivity contribution in [2.75, 3.05) is 7.11 Å². The van der Waals surface area contributed by atoms with E-state index in [-0.39, 0.29) is 10.7 Å². The van der Waals surface area contributed by atoms with Crippen molar-refractivity contribution in [3.05, 3.63) is 77.9 Å². The van der Waals surface area contributed by atoms with E-state index in [1.165, 1.54) is 19.1 Å². The van der Waals surface area contributed by atoms with Crippen LogP contribution < -0.4 is 9.46 Å². The fourth-order valence-corrected chi connectivity index (χ4v) is 4.05. The van der Waals surface area contributed by atoms with Crippen molar-refractivity contribution in [3.63, 3.8) is 0 Å². The summed E-state index contributed by atoms with van der Waals surface area (Å²) in [5, 5.41) is 0. The SMILES string of the molecule is COc1ccc(C(NS(=O)(=O)c2cccc(C(C)=O)c2)c2nccn2C)cc1. The van der Waals surface area contributed by atoms with Gasteiger partial charge in [-0.2, -0.15) is 4.72 Å². The third-order valence-electron chi connectivity index (χ3n) is 4.39. The van der Waals surface area contributed by atoms with E-state index in [2.05, 4.69) is 9.71 Å². The number of carbonyl (C=O) groups is 1. The van der Waals surface area contributed by atoms with Crippen molar-refractivity contribution in [1.29, 1.82) is 0 Å². The molecule has 1 N–H and O–H groups in total. The van der Waals surface area contributed by atoms with Crippen LogP contribution in [0.1, 0.15) is 34.7 Å². The number of carbonyl (C=O) groups excluding carboxylic acids is 1. The monoisotopic (exact) mass is 399 g/mol. The van der Waals surface area contributed by atoms with Gasteiger partial charge in [0, 0.05) is 25.0 Å². The van der Waals surface area contributed by atoms with Gasteiger partial charge in [0.1, 0.15) is 17.6 Å². The van der Waals surface area contributed by atoms with Gasteiger partial charge in [0.05, 0.1) is 12.0 Å². The Labute approximate surface area is 164 Å². The molecule has 0 radical (unpaired) electrons. The van der Waals surface area contributed by atoms with Crippen molar-refractivity contribution in [3.8, 4) is 5.75 Å². The largest absolute Gasteiger partial charge is 0.497 e. The molecule has 0 fully saturated rings. The molecule has 3 aromatic rings. The Kier molecular flexibility index (Phi) is 5.62. The molecule has 146 valence electrons. The Morgan fingerprint density at radius 1 is 1.18 bits per heavy atom. The maximum absolute atomic E-state index is 13.0. The number of aromatic nitrogens is 2. The number of hydrogen-bond donors (Lipinski definition) is 1. The molecule has 1 heterocycles. The second-order valence-corrected chi connectivity index (χ2v) is 8.02. The smallest absolute Gasteiger partial charge is 0.241 e. The van der Waals surface area contributed by atoms with Gasteiger partial charge >= 0.3 is 0 Å². The van der Waals surface area contributed by atoms with E-state index in [9.17, 15) is 13.2 Å². The second kappa shape index (κ2) is 7.95. The molecule has 0 spiro atoms. The van der Waals surface area contributed by atoms with Crippen LogP contribution in [0.15, 0.2) is 65.8 Å². The highest BCUT2D eigenvalue weighted by molar-refractivity contribution is 7.89. The molecule has 7 nitrogen and oxygen atoms in total. The van der Waals surface area contributed by atoms with E-state index in [4.69, 9.17) is 4.74 Å². The van der Waals surface area contributed by atoms with E-state index in [1.807, 2.05) is 0 Å². The Balaban J connectivity index is 2.02. The van der Waals surface area contributed by atoms with Gasteiger partial charge in [0.15, 0.2) is 5.78 Å². The lowest BCUT2D eigenvalue weighted by atomic mass is 10.1. The summed E-state index contributed by atoms with van der Waals surface area (Å²) >= 11 is 0. The average molecular weight is 399 g/mol. The minimum Gasteiger partial charge on any atom is -0.497 e. The fourth-order valence-electron chi connectivity index (χ4n) is 2.83. The van der Waals surface area contributed by atoms with Gasteiger partial charge in [-0.25, -0.2) is 13.4 Å². The lowest BCUT2D eigenvalue weighted by Gasteiger charge is -2.19. The van der Waals surface area contributed by atoms with E-state index in [1.54, 1.807) is 67.5 Å². The lowest BCUT2D eigenvalue weighted by Crippen LogP contribution is -2.31. The Morgan fingerprint density at radius 2 is 1.89 bits per heavy atom. The van der Waals surface area contributed by atoms with Gasteiger partial charge in [-0.3, -0.25) is 4.79 Å². The van der Waals surface area contributed by atoms with Gasteiger partial charge < -0.3 is 9.30 Å². The van der Waals surface area contributed by atoms with E-state index in [0.717, 1.165) is 0 Å². The molecule has 3 rings (SSSR count). The van der Waals surface area contributed by atoms with Gasteiger partial charge in [0.2, 0.25) is 10.0 Å². The first kappa shape index (κ1) is 19.8. The summed E-state index contributed by atoms with van der Waals surface area (Å²) in [6.45, 7) is 1.40. The number of methoxy groups -OCH3 is 1. The van der Waals surface area contributed by atoms with Crippen LogP contribution in [-0.2, 0) is 17.1 Å². The van der Waals surface area contributed by atoms with Crippen LogP contribution in [0.3, 0.4) is 0 Å². The number of nitrogens with zero attached hydrogens (tertiary/aromatic N) is 2. The molecule has 8 heteroatoms. The van der Waals surface area contributed by atoms with Gasteiger partial charge in [-0.05, 0) is 36.8 Å². The van der Waals surface area contributed by atoms with Gasteiger partial charge in [-0.15, -0.1) is 0 Å². The molecule has 0 aliphatic heterocycles. The van der Waals surface area contributed by atoms with Crippen molar-refractivity contribution in [1.82, 2.24) is 14.3 Å². The second-order valence-electron chi connectivity index (χ2n) is 6.31.